The van der Waals surface area contributed by atoms with Crippen LogP contribution in [0.5, 0.6) is 0 Å². The lowest BCUT2D eigenvalue weighted by atomic mass is 10.1. The average Bonchev–Trinajstić information content (AvgIpc) is 2.92. The van der Waals surface area contributed by atoms with E-state index in [1.807, 2.05) is 0 Å². The molecular weight excluding hydrogens is 519 g/mol. The molecule has 1 aromatic heterocycles. The van der Waals surface area contributed by atoms with Gasteiger partial charge in [-0.15, -0.1) is 0 Å². The molecule has 1 saturated heterocycles. The summed E-state index contributed by atoms with van der Waals surface area (Å²) in [5.74, 6) is -0.501. The van der Waals surface area contributed by atoms with Crippen LogP contribution in [0.4, 0.5) is 5.82 Å². The van der Waals surface area contributed by atoms with Crippen LogP contribution in [0.15, 0.2) is 17.1 Å². The van der Waals surface area contributed by atoms with Gasteiger partial charge in [-0.2, -0.15) is 13.6 Å². The third-order valence-corrected chi connectivity index (χ3v) is 7.65. The van der Waals surface area contributed by atoms with Gasteiger partial charge in [0.1, 0.15) is 24.1 Å². The number of aliphatic hydroxyl groups is 2. The van der Waals surface area contributed by atoms with Gasteiger partial charge in [0.15, 0.2) is 6.23 Å². The first-order chi connectivity index (χ1) is 15.0. The van der Waals surface area contributed by atoms with Crippen molar-refractivity contribution in [3.05, 3.63) is 22.7 Å². The van der Waals surface area contributed by atoms with Crippen molar-refractivity contribution in [2.24, 2.45) is 0 Å². The number of nitrogens with one attached hydrogen (secondary N) is 1. The number of ether oxygens (including phenoxy) is 1. The van der Waals surface area contributed by atoms with Gasteiger partial charge in [-0.25, -0.2) is 18.5 Å². The van der Waals surface area contributed by atoms with Gasteiger partial charge >= 0.3 is 29.2 Å². The maximum atomic E-state index is 12.2. The number of aromatic nitrogens is 2. The Morgan fingerprint density at radius 3 is 2.33 bits per heavy atom. The molecule has 0 bridgehead atoms. The third kappa shape index (κ3) is 8.12. The quantitative estimate of drug-likeness (QED) is 0.168. The molecule has 18 nitrogen and oxygen atoms in total. The van der Waals surface area contributed by atoms with E-state index in [9.17, 15) is 38.4 Å². The predicted octanol–water partition coefficient (Wildman–Crippen LogP) is -1.45. The molecule has 1 amide bonds. The fourth-order valence-corrected chi connectivity index (χ4v) is 5.50. The molecule has 2 rings (SSSR count). The van der Waals surface area contributed by atoms with Crippen molar-refractivity contribution >= 4 is 35.2 Å². The van der Waals surface area contributed by atoms with E-state index in [2.05, 4.69) is 23.4 Å². The van der Waals surface area contributed by atoms with Gasteiger partial charge in [0.25, 0.3) is 0 Å². The average molecular weight is 539 g/mol. The number of carbonyl (C=O) groups is 1. The summed E-state index contributed by atoms with van der Waals surface area (Å²) >= 11 is 0. The molecule has 1 aliphatic rings. The van der Waals surface area contributed by atoms with Crippen molar-refractivity contribution in [1.82, 2.24) is 9.55 Å². The summed E-state index contributed by atoms with van der Waals surface area (Å²) in [6.45, 7) is 0.522. The zero-order chi connectivity index (χ0) is 25.2. The highest BCUT2D eigenvalue weighted by Crippen LogP contribution is 2.66. The molecule has 6 unspecified atom stereocenters. The minimum atomic E-state index is -5.75. The molecule has 7 N–H and O–H groups in total. The van der Waals surface area contributed by atoms with Crippen LogP contribution in [-0.2, 0) is 36.4 Å². The molecule has 1 aromatic rings. The summed E-state index contributed by atoms with van der Waals surface area (Å²) in [5.41, 5.74) is -0.992. The van der Waals surface area contributed by atoms with E-state index >= 15 is 0 Å². The van der Waals surface area contributed by atoms with Crippen LogP contribution in [0.1, 0.15) is 19.6 Å². The third-order valence-electron chi connectivity index (χ3n) is 3.85. The van der Waals surface area contributed by atoms with Crippen molar-refractivity contribution in [2.75, 3.05) is 11.9 Å². The van der Waals surface area contributed by atoms with Crippen molar-refractivity contribution in [3.63, 3.8) is 0 Å². The number of phosphoric ester groups is 1. The van der Waals surface area contributed by atoms with Crippen molar-refractivity contribution in [1.29, 1.82) is 0 Å². The molecule has 33 heavy (non-hydrogen) atoms. The number of rotatable bonds is 10. The minimum Gasteiger partial charge on any atom is -0.387 e. The van der Waals surface area contributed by atoms with Crippen molar-refractivity contribution < 1.29 is 66.2 Å². The molecule has 0 saturated carbocycles. The molecule has 0 spiro atoms. The Hall–Kier alpha value is -1.36. The second-order valence-electron chi connectivity index (χ2n) is 6.34. The largest absolute Gasteiger partial charge is 0.490 e. The molecule has 0 aliphatic carbocycles. The molecule has 0 aromatic carbocycles. The normalized spacial score (nSPS) is 27.0. The lowest BCUT2D eigenvalue weighted by Crippen LogP contribution is -2.36. The Kier molecular flexibility index (Phi) is 8.87. The van der Waals surface area contributed by atoms with Gasteiger partial charge in [-0.05, 0) is 6.07 Å². The first-order valence-corrected chi connectivity index (χ1v) is 13.2. The van der Waals surface area contributed by atoms with E-state index in [1.165, 1.54) is 6.07 Å². The van der Waals surface area contributed by atoms with E-state index < -0.39 is 66.2 Å². The second kappa shape index (κ2) is 10.5. The number of anilines is 1. The van der Waals surface area contributed by atoms with Crippen LogP contribution >= 0.6 is 23.5 Å². The maximum absolute atomic E-state index is 12.2. The standard InChI is InChI=1S/C12H20N3O15P3/c1-2-8(16)13-7-3-4-15(12(19)14-7)11-10(18)9(17)6(28-11)5-27-32(23,24)30-33(25,26)29-31(20,21)22/h3-4,6,9-11,17-18H,2,5H2,1H3,(H,23,24)(H,25,26)(H2,20,21,22)(H,13,14,16,19). The van der Waals surface area contributed by atoms with Gasteiger partial charge in [0, 0.05) is 12.6 Å². The Morgan fingerprint density at radius 1 is 1.15 bits per heavy atom. The van der Waals surface area contributed by atoms with Crippen LogP contribution in [-0.4, -0.2) is 70.2 Å². The number of aliphatic hydroxyl groups excluding tert-OH is 2. The molecule has 21 heteroatoms. The lowest BCUT2D eigenvalue weighted by molar-refractivity contribution is -0.115. The summed E-state index contributed by atoms with van der Waals surface area (Å²) in [7, 11) is -16.8. The summed E-state index contributed by atoms with van der Waals surface area (Å²) in [6, 6.07) is 1.21. The van der Waals surface area contributed by atoms with E-state index in [1.54, 1.807) is 6.92 Å². The first kappa shape index (κ1) is 27.9. The van der Waals surface area contributed by atoms with E-state index in [0.717, 1.165) is 10.8 Å². The van der Waals surface area contributed by atoms with Gasteiger partial charge in [0.05, 0.1) is 6.61 Å². The number of hydrogen-bond acceptors (Lipinski definition) is 12. The zero-order valence-corrected chi connectivity index (χ0v) is 19.2. The zero-order valence-electron chi connectivity index (χ0n) is 16.5. The monoisotopic (exact) mass is 539 g/mol. The van der Waals surface area contributed by atoms with Gasteiger partial charge in [0.2, 0.25) is 5.91 Å². The Bertz CT molecular complexity index is 1070. The van der Waals surface area contributed by atoms with E-state index in [-0.39, 0.29) is 12.2 Å². The lowest BCUT2D eigenvalue weighted by Gasteiger charge is -2.19. The van der Waals surface area contributed by atoms with Crippen molar-refractivity contribution in [3.8, 4) is 0 Å². The van der Waals surface area contributed by atoms with Crippen LogP contribution in [0.25, 0.3) is 0 Å². The molecule has 188 valence electrons. The molecule has 1 aliphatic heterocycles. The molecule has 2 heterocycles. The van der Waals surface area contributed by atoms with Crippen LogP contribution in [0.3, 0.4) is 0 Å². The van der Waals surface area contributed by atoms with Crippen LogP contribution in [0, 0.1) is 0 Å². The molecular formula is C12H20N3O15P3. The Morgan fingerprint density at radius 2 is 1.79 bits per heavy atom. The number of hydrogen-bond donors (Lipinski definition) is 7. The number of amides is 1. The Labute approximate surface area is 184 Å². The molecule has 0 radical (unpaired) electrons. The first-order valence-electron chi connectivity index (χ1n) is 8.72. The van der Waals surface area contributed by atoms with E-state index in [0.29, 0.717) is 0 Å². The predicted molar refractivity (Wildman–Crippen MR) is 103 cm³/mol. The topological polar surface area (TPSA) is 273 Å². The summed E-state index contributed by atoms with van der Waals surface area (Å²) < 4.78 is 51.1. The highest BCUT2D eigenvalue weighted by Gasteiger charge is 2.46. The number of phosphoric acid groups is 3. The highest BCUT2D eigenvalue weighted by atomic mass is 31.3. The summed E-state index contributed by atoms with van der Waals surface area (Å²) in [5, 5.41) is 22.6. The number of nitrogens with zero attached hydrogens (tertiary/aromatic N) is 2. The molecule has 6 atom stereocenters. The SMILES string of the molecule is CCC(=O)Nc1ccn(C2OC(COP(=O)(O)OP(=O)(O)OP(=O)(O)O)C(O)C2O)c(=O)n1. The summed E-state index contributed by atoms with van der Waals surface area (Å²) in [4.78, 5) is 62.7. The fraction of sp³-hybridized carbons (Fsp3) is 0.583. The van der Waals surface area contributed by atoms with Gasteiger partial charge < -0.3 is 39.8 Å². The fourth-order valence-electron chi connectivity index (χ4n) is 2.47. The smallest absolute Gasteiger partial charge is 0.387 e. The van der Waals surface area contributed by atoms with Crippen molar-refractivity contribution in [2.45, 2.75) is 37.9 Å². The van der Waals surface area contributed by atoms with Gasteiger partial charge in [-0.3, -0.25) is 13.9 Å². The maximum Gasteiger partial charge on any atom is 0.490 e. The Balaban J connectivity index is 2.06. The number of carbonyl (C=O) groups excluding carboxylic acids is 1. The van der Waals surface area contributed by atoms with Crippen LogP contribution < -0.4 is 11.0 Å². The summed E-state index contributed by atoms with van der Waals surface area (Å²) in [6.07, 6.45) is -5.49. The second-order valence-corrected chi connectivity index (χ2v) is 10.8. The van der Waals surface area contributed by atoms with Crippen LogP contribution in [0.2, 0.25) is 0 Å². The van der Waals surface area contributed by atoms with E-state index in [4.69, 9.17) is 19.4 Å². The minimum absolute atomic E-state index is 0.0830. The highest BCUT2D eigenvalue weighted by molar-refractivity contribution is 7.66. The van der Waals surface area contributed by atoms with Gasteiger partial charge in [-0.1, -0.05) is 6.92 Å². The molecule has 1 fully saturated rings.